The van der Waals surface area contributed by atoms with Crippen LogP contribution >= 0.6 is 11.8 Å². The van der Waals surface area contributed by atoms with Crippen LogP contribution in [0.25, 0.3) is 11.0 Å². The van der Waals surface area contributed by atoms with Crippen LogP contribution in [0.4, 0.5) is 5.69 Å². The molecule has 0 aliphatic heterocycles. The maximum absolute atomic E-state index is 12.8. The van der Waals surface area contributed by atoms with Gasteiger partial charge in [0.15, 0.2) is 0 Å². The summed E-state index contributed by atoms with van der Waals surface area (Å²) >= 11 is 1.23. The predicted molar refractivity (Wildman–Crippen MR) is 111 cm³/mol. The Morgan fingerprint density at radius 3 is 2.62 bits per heavy atom. The number of hydrogen-bond donors (Lipinski definition) is 0. The number of para-hydroxylation sites is 2. The minimum Gasteiger partial charge on any atom is -0.414 e. The normalized spacial score (nSPS) is 11.3. The van der Waals surface area contributed by atoms with Crippen molar-refractivity contribution in [1.29, 1.82) is 0 Å². The Bertz CT molecular complexity index is 1110. The number of amides is 1. The zero-order chi connectivity index (χ0) is 20.2. The topological polar surface area (TPSA) is 89.9 Å². The van der Waals surface area contributed by atoms with E-state index in [-0.39, 0.29) is 17.7 Å². The molecule has 4 aromatic rings. The molecule has 148 valence electrons. The first-order valence-electron chi connectivity index (χ1n) is 9.22. The maximum atomic E-state index is 12.8. The van der Waals surface area contributed by atoms with Gasteiger partial charge in [0.25, 0.3) is 5.22 Å². The fraction of sp³-hybridized carbons (Fsp3) is 0.250. The smallest absolute Gasteiger partial charge is 0.277 e. The number of rotatable bonds is 7. The predicted octanol–water partition coefficient (Wildman–Crippen LogP) is 3.40. The van der Waals surface area contributed by atoms with Crippen LogP contribution in [-0.4, -0.2) is 42.9 Å². The van der Waals surface area contributed by atoms with Gasteiger partial charge in [-0.05, 0) is 38.1 Å². The number of thioether (sulfide) groups is 1. The van der Waals surface area contributed by atoms with Crippen molar-refractivity contribution in [3.63, 3.8) is 0 Å². The Hall–Kier alpha value is -3.20. The van der Waals surface area contributed by atoms with Gasteiger partial charge in [-0.15, -0.1) is 15.3 Å². The molecule has 0 fully saturated rings. The number of aromatic nitrogens is 5. The molecule has 0 aliphatic rings. The lowest BCUT2D eigenvalue weighted by atomic mass is 10.2. The first kappa shape index (κ1) is 19.1. The van der Waals surface area contributed by atoms with Crippen molar-refractivity contribution in [1.82, 2.24) is 25.2 Å². The molecule has 8 nitrogen and oxygen atoms in total. The Labute approximate surface area is 171 Å². The number of nitrogens with zero attached hydrogens (tertiary/aromatic N) is 6. The van der Waals surface area contributed by atoms with Crippen LogP contribution in [0.3, 0.4) is 0 Å². The molecule has 0 saturated carbocycles. The van der Waals surface area contributed by atoms with E-state index in [2.05, 4.69) is 20.5 Å². The monoisotopic (exact) mass is 408 g/mol. The zero-order valence-electron chi connectivity index (χ0n) is 16.1. The Kier molecular flexibility index (Phi) is 5.57. The average Bonchev–Trinajstić information content (AvgIpc) is 3.35. The van der Waals surface area contributed by atoms with Gasteiger partial charge in [-0.2, -0.15) is 0 Å². The first-order chi connectivity index (χ1) is 14.1. The summed E-state index contributed by atoms with van der Waals surface area (Å²) in [6, 6.07) is 17.3. The van der Waals surface area contributed by atoms with Crippen molar-refractivity contribution in [3.8, 4) is 0 Å². The van der Waals surface area contributed by atoms with Crippen molar-refractivity contribution in [3.05, 3.63) is 60.5 Å². The molecule has 0 bridgehead atoms. The first-order valence-corrected chi connectivity index (χ1v) is 10.2. The van der Waals surface area contributed by atoms with Crippen LogP contribution in [0.2, 0.25) is 0 Å². The van der Waals surface area contributed by atoms with Crippen molar-refractivity contribution in [2.45, 2.75) is 31.7 Å². The molecule has 2 aromatic heterocycles. The van der Waals surface area contributed by atoms with Gasteiger partial charge in [-0.1, -0.05) is 47.3 Å². The third-order valence-corrected chi connectivity index (χ3v) is 5.10. The molecule has 1 amide bonds. The standard InChI is InChI=1S/C20H20N6O2S/c1-14(2)26(15-8-4-3-5-9-15)19(27)13-29-20-23-22-18(28-20)12-25-17-11-7-6-10-16(17)21-24-25/h3-11,14H,12-13H2,1-2H3. The molecule has 0 N–H and O–H groups in total. The summed E-state index contributed by atoms with van der Waals surface area (Å²) in [7, 11) is 0. The highest BCUT2D eigenvalue weighted by molar-refractivity contribution is 7.99. The highest BCUT2D eigenvalue weighted by Crippen LogP contribution is 2.22. The molecule has 0 saturated heterocycles. The highest BCUT2D eigenvalue weighted by atomic mass is 32.2. The van der Waals surface area contributed by atoms with Gasteiger partial charge >= 0.3 is 0 Å². The van der Waals surface area contributed by atoms with E-state index in [0.29, 0.717) is 17.7 Å². The molecule has 0 unspecified atom stereocenters. The maximum Gasteiger partial charge on any atom is 0.277 e. The van der Waals surface area contributed by atoms with Gasteiger partial charge < -0.3 is 9.32 Å². The van der Waals surface area contributed by atoms with E-state index in [1.54, 1.807) is 9.58 Å². The molecular weight excluding hydrogens is 388 g/mol. The third-order valence-electron chi connectivity index (χ3n) is 4.29. The third kappa shape index (κ3) is 4.29. The fourth-order valence-electron chi connectivity index (χ4n) is 3.03. The summed E-state index contributed by atoms with van der Waals surface area (Å²) in [5.41, 5.74) is 2.57. The van der Waals surface area contributed by atoms with Gasteiger partial charge in [0.1, 0.15) is 12.1 Å². The Balaban J connectivity index is 1.40. The zero-order valence-corrected chi connectivity index (χ0v) is 16.9. The van der Waals surface area contributed by atoms with Crippen LogP contribution in [0.5, 0.6) is 0 Å². The largest absolute Gasteiger partial charge is 0.414 e. The molecule has 0 atom stereocenters. The SMILES string of the molecule is CC(C)N(C(=O)CSc1nnc(Cn2nnc3ccccc32)o1)c1ccccc1. The van der Waals surface area contributed by atoms with Crippen molar-refractivity contribution in [2.75, 3.05) is 10.7 Å². The molecular formula is C20H20N6O2S. The fourth-order valence-corrected chi connectivity index (χ4v) is 3.67. The van der Waals surface area contributed by atoms with Crippen molar-refractivity contribution in [2.24, 2.45) is 0 Å². The molecule has 2 aromatic carbocycles. The van der Waals surface area contributed by atoms with Crippen LogP contribution in [-0.2, 0) is 11.3 Å². The quantitative estimate of drug-likeness (QED) is 0.433. The minimum absolute atomic E-state index is 0.0155. The lowest BCUT2D eigenvalue weighted by Crippen LogP contribution is -2.38. The molecule has 0 spiro atoms. The van der Waals surface area contributed by atoms with E-state index in [0.717, 1.165) is 16.7 Å². The van der Waals surface area contributed by atoms with Crippen molar-refractivity contribution < 1.29 is 9.21 Å². The molecule has 9 heteroatoms. The number of carbonyl (C=O) groups is 1. The summed E-state index contributed by atoms with van der Waals surface area (Å²) in [6.45, 7) is 4.30. The van der Waals surface area contributed by atoms with Gasteiger partial charge in [0.2, 0.25) is 11.8 Å². The van der Waals surface area contributed by atoms with E-state index >= 15 is 0 Å². The molecule has 29 heavy (non-hydrogen) atoms. The second-order valence-corrected chi connectivity index (χ2v) is 7.61. The van der Waals surface area contributed by atoms with Gasteiger partial charge in [0, 0.05) is 11.7 Å². The molecule has 4 rings (SSSR count). The molecule has 0 radical (unpaired) electrons. The minimum atomic E-state index is -0.0155. The number of anilines is 1. The number of carbonyl (C=O) groups excluding carboxylic acids is 1. The summed E-state index contributed by atoms with van der Waals surface area (Å²) in [4.78, 5) is 14.5. The summed E-state index contributed by atoms with van der Waals surface area (Å²) in [6.07, 6.45) is 0. The van der Waals surface area contributed by atoms with Crippen molar-refractivity contribution >= 4 is 34.4 Å². The van der Waals surface area contributed by atoms with E-state index in [9.17, 15) is 4.79 Å². The Morgan fingerprint density at radius 1 is 1.07 bits per heavy atom. The lowest BCUT2D eigenvalue weighted by Gasteiger charge is -2.26. The summed E-state index contributed by atoms with van der Waals surface area (Å²) in [5, 5.41) is 16.7. The summed E-state index contributed by atoms with van der Waals surface area (Å²) < 4.78 is 7.39. The van der Waals surface area contributed by atoms with Crippen LogP contribution in [0.1, 0.15) is 19.7 Å². The van der Waals surface area contributed by atoms with E-state index in [1.807, 2.05) is 68.4 Å². The van der Waals surface area contributed by atoms with E-state index < -0.39 is 0 Å². The van der Waals surface area contributed by atoms with E-state index in [4.69, 9.17) is 4.42 Å². The van der Waals surface area contributed by atoms with Gasteiger partial charge in [-0.25, -0.2) is 4.68 Å². The number of hydrogen-bond acceptors (Lipinski definition) is 7. The lowest BCUT2D eigenvalue weighted by molar-refractivity contribution is -0.116. The van der Waals surface area contributed by atoms with Crippen LogP contribution < -0.4 is 4.90 Å². The second-order valence-electron chi connectivity index (χ2n) is 6.68. The van der Waals surface area contributed by atoms with Gasteiger partial charge in [-0.3, -0.25) is 4.79 Å². The van der Waals surface area contributed by atoms with E-state index in [1.165, 1.54) is 11.8 Å². The molecule has 2 heterocycles. The van der Waals surface area contributed by atoms with Crippen LogP contribution in [0.15, 0.2) is 64.2 Å². The van der Waals surface area contributed by atoms with Crippen LogP contribution in [0, 0.1) is 0 Å². The summed E-state index contributed by atoms with van der Waals surface area (Å²) in [5.74, 6) is 0.610. The van der Waals surface area contributed by atoms with Gasteiger partial charge in [0.05, 0.1) is 11.3 Å². The highest BCUT2D eigenvalue weighted by Gasteiger charge is 2.20. The Morgan fingerprint density at radius 2 is 1.83 bits per heavy atom. The molecule has 0 aliphatic carbocycles. The second kappa shape index (κ2) is 8.44. The number of fused-ring (bicyclic) bond motifs is 1. The average molecular weight is 408 g/mol. The number of benzene rings is 2.